The second kappa shape index (κ2) is 5.13. The number of hydrogen-bond acceptors (Lipinski definition) is 6. The average Bonchev–Trinajstić information content (AvgIpc) is 3.28. The van der Waals surface area contributed by atoms with Gasteiger partial charge < -0.3 is 14.8 Å². The summed E-state index contributed by atoms with van der Waals surface area (Å²) in [5, 5.41) is 17.3. The van der Waals surface area contributed by atoms with Crippen LogP contribution < -0.4 is 14.8 Å². The Hall–Kier alpha value is -3.36. The molecule has 0 radical (unpaired) electrons. The van der Waals surface area contributed by atoms with Crippen molar-refractivity contribution in [2.45, 2.75) is 6.92 Å². The summed E-state index contributed by atoms with van der Waals surface area (Å²) in [4.78, 5) is 12.5. The molecule has 0 bridgehead atoms. The van der Waals surface area contributed by atoms with Crippen LogP contribution in [0.5, 0.6) is 11.5 Å². The van der Waals surface area contributed by atoms with Gasteiger partial charge in [0.2, 0.25) is 6.79 Å². The Balaban J connectivity index is 1.63. The van der Waals surface area contributed by atoms with E-state index in [-0.39, 0.29) is 12.7 Å². The number of fused-ring (bicyclic) bond motifs is 1. The van der Waals surface area contributed by atoms with Gasteiger partial charge in [0, 0.05) is 5.56 Å². The second-order valence-corrected chi connectivity index (χ2v) is 4.94. The molecule has 0 saturated carbocycles. The number of aryl methyl sites for hydroxylation is 1. The third-order valence-electron chi connectivity index (χ3n) is 3.46. The van der Waals surface area contributed by atoms with Crippen LogP contribution in [0, 0.1) is 6.92 Å². The molecule has 1 aliphatic heterocycles. The molecule has 0 fully saturated rings. The molecular formula is C14H12N6O3. The Morgan fingerprint density at radius 3 is 2.87 bits per heavy atom. The van der Waals surface area contributed by atoms with Crippen LogP contribution in [-0.2, 0) is 0 Å². The molecule has 1 amide bonds. The number of carbonyl (C=O) groups is 1. The molecule has 0 atom stereocenters. The molecule has 0 aliphatic carbocycles. The Bertz CT molecular complexity index is 871. The van der Waals surface area contributed by atoms with E-state index in [1.54, 1.807) is 22.8 Å². The largest absolute Gasteiger partial charge is 0.454 e. The van der Waals surface area contributed by atoms with Crippen molar-refractivity contribution in [1.82, 2.24) is 25.0 Å². The molecule has 2 aromatic heterocycles. The van der Waals surface area contributed by atoms with Gasteiger partial charge >= 0.3 is 0 Å². The molecule has 1 aromatic carbocycles. The van der Waals surface area contributed by atoms with Gasteiger partial charge in [0.05, 0.1) is 5.69 Å². The maximum absolute atomic E-state index is 12.5. The Kier molecular flexibility index (Phi) is 2.97. The van der Waals surface area contributed by atoms with Gasteiger partial charge in [-0.3, -0.25) is 14.5 Å². The fourth-order valence-corrected chi connectivity index (χ4v) is 2.29. The first-order chi connectivity index (χ1) is 11.2. The number of nitrogens with zero attached hydrogens (tertiary/aromatic N) is 4. The van der Waals surface area contributed by atoms with Gasteiger partial charge in [0.1, 0.15) is 18.3 Å². The maximum atomic E-state index is 12.5. The van der Waals surface area contributed by atoms with Crippen LogP contribution in [0.25, 0.3) is 5.82 Å². The topological polar surface area (TPSA) is 107 Å². The lowest BCUT2D eigenvalue weighted by molar-refractivity contribution is 0.102. The van der Waals surface area contributed by atoms with Gasteiger partial charge in [-0.2, -0.15) is 5.10 Å². The number of benzene rings is 1. The van der Waals surface area contributed by atoms with E-state index in [0.29, 0.717) is 28.6 Å². The summed E-state index contributed by atoms with van der Waals surface area (Å²) in [6.07, 6.45) is 3.01. The van der Waals surface area contributed by atoms with E-state index in [2.05, 4.69) is 25.7 Å². The Morgan fingerprint density at radius 2 is 2.04 bits per heavy atom. The molecule has 0 spiro atoms. The number of H-pyrrole nitrogens is 1. The quantitative estimate of drug-likeness (QED) is 0.754. The summed E-state index contributed by atoms with van der Waals surface area (Å²) in [6.45, 7) is 1.98. The zero-order chi connectivity index (χ0) is 15.8. The van der Waals surface area contributed by atoms with Crippen molar-refractivity contribution in [3.63, 3.8) is 0 Å². The average molecular weight is 312 g/mol. The standard InChI is InChI=1S/C14H12N6O3/c1-8-12(13(19-18-8)20-5-15-16-6-20)17-14(21)9-2-3-10-11(4-9)23-7-22-10/h2-6H,7H2,1H3,(H,17,21)(H,18,19). The third kappa shape index (κ3) is 2.27. The van der Waals surface area contributed by atoms with E-state index in [1.807, 2.05) is 6.92 Å². The number of anilines is 1. The van der Waals surface area contributed by atoms with Crippen molar-refractivity contribution in [3.05, 3.63) is 42.1 Å². The lowest BCUT2D eigenvalue weighted by Crippen LogP contribution is -2.13. The van der Waals surface area contributed by atoms with Crippen LogP contribution in [0.2, 0.25) is 0 Å². The molecule has 9 nitrogen and oxygen atoms in total. The Labute approximate surface area is 130 Å². The van der Waals surface area contributed by atoms with Gasteiger partial charge in [-0.15, -0.1) is 10.2 Å². The highest BCUT2D eigenvalue weighted by Crippen LogP contribution is 2.33. The van der Waals surface area contributed by atoms with Crippen molar-refractivity contribution in [3.8, 4) is 17.3 Å². The number of rotatable bonds is 3. The van der Waals surface area contributed by atoms with Gasteiger partial charge in [-0.05, 0) is 25.1 Å². The van der Waals surface area contributed by atoms with Crippen LogP contribution in [0.3, 0.4) is 0 Å². The smallest absolute Gasteiger partial charge is 0.255 e. The van der Waals surface area contributed by atoms with Crippen molar-refractivity contribution >= 4 is 11.6 Å². The first-order valence-electron chi connectivity index (χ1n) is 6.83. The fraction of sp³-hybridized carbons (Fsp3) is 0.143. The van der Waals surface area contributed by atoms with Crippen molar-refractivity contribution in [2.24, 2.45) is 0 Å². The number of hydrogen-bond donors (Lipinski definition) is 2. The normalized spacial score (nSPS) is 12.4. The van der Waals surface area contributed by atoms with E-state index < -0.39 is 0 Å². The zero-order valence-electron chi connectivity index (χ0n) is 12.1. The Morgan fingerprint density at radius 1 is 1.26 bits per heavy atom. The number of ether oxygens (including phenoxy) is 2. The van der Waals surface area contributed by atoms with Crippen molar-refractivity contribution in [2.75, 3.05) is 12.1 Å². The molecule has 4 rings (SSSR count). The van der Waals surface area contributed by atoms with Gasteiger partial charge in [-0.1, -0.05) is 0 Å². The lowest BCUT2D eigenvalue weighted by Gasteiger charge is -2.07. The third-order valence-corrected chi connectivity index (χ3v) is 3.46. The molecule has 3 heterocycles. The van der Waals surface area contributed by atoms with E-state index in [0.717, 1.165) is 5.69 Å². The van der Waals surface area contributed by atoms with Gasteiger partial charge in [-0.25, -0.2) is 0 Å². The highest BCUT2D eigenvalue weighted by Gasteiger charge is 2.19. The highest BCUT2D eigenvalue weighted by molar-refractivity contribution is 6.05. The lowest BCUT2D eigenvalue weighted by atomic mass is 10.2. The molecule has 3 aromatic rings. The number of nitrogens with one attached hydrogen (secondary N) is 2. The summed E-state index contributed by atoms with van der Waals surface area (Å²) in [5.41, 5.74) is 1.75. The van der Waals surface area contributed by atoms with Crippen molar-refractivity contribution < 1.29 is 14.3 Å². The zero-order valence-corrected chi connectivity index (χ0v) is 12.1. The summed E-state index contributed by atoms with van der Waals surface area (Å²) in [5.74, 6) is 1.43. The summed E-state index contributed by atoms with van der Waals surface area (Å²) < 4.78 is 12.1. The molecule has 23 heavy (non-hydrogen) atoms. The molecule has 0 unspecified atom stereocenters. The van der Waals surface area contributed by atoms with Crippen LogP contribution in [0.15, 0.2) is 30.9 Å². The van der Waals surface area contributed by atoms with Crippen LogP contribution in [-0.4, -0.2) is 37.7 Å². The van der Waals surface area contributed by atoms with Crippen LogP contribution in [0.4, 0.5) is 5.69 Å². The van der Waals surface area contributed by atoms with E-state index in [4.69, 9.17) is 9.47 Å². The van der Waals surface area contributed by atoms with Crippen molar-refractivity contribution in [1.29, 1.82) is 0 Å². The van der Waals surface area contributed by atoms with Crippen LogP contribution >= 0.6 is 0 Å². The summed E-state index contributed by atoms with van der Waals surface area (Å²) >= 11 is 0. The van der Waals surface area contributed by atoms with E-state index in [9.17, 15) is 4.79 Å². The summed E-state index contributed by atoms with van der Waals surface area (Å²) in [7, 11) is 0. The van der Waals surface area contributed by atoms with Crippen LogP contribution in [0.1, 0.15) is 16.1 Å². The second-order valence-electron chi connectivity index (χ2n) is 4.94. The highest BCUT2D eigenvalue weighted by atomic mass is 16.7. The number of carbonyl (C=O) groups excluding carboxylic acids is 1. The van der Waals surface area contributed by atoms with Gasteiger partial charge in [0.25, 0.3) is 5.91 Å². The molecule has 1 aliphatic rings. The molecule has 116 valence electrons. The molecule has 0 saturated heterocycles. The molecule has 2 N–H and O–H groups in total. The molecular weight excluding hydrogens is 300 g/mol. The maximum Gasteiger partial charge on any atom is 0.255 e. The van der Waals surface area contributed by atoms with Gasteiger partial charge in [0.15, 0.2) is 17.3 Å². The van der Waals surface area contributed by atoms with E-state index >= 15 is 0 Å². The number of amides is 1. The summed E-state index contributed by atoms with van der Waals surface area (Å²) in [6, 6.07) is 5.03. The van der Waals surface area contributed by atoms with E-state index in [1.165, 1.54) is 12.7 Å². The molecule has 9 heteroatoms. The fourth-order valence-electron chi connectivity index (χ4n) is 2.29. The number of aromatic nitrogens is 5. The predicted molar refractivity (Wildman–Crippen MR) is 78.8 cm³/mol. The number of aromatic amines is 1. The first-order valence-corrected chi connectivity index (χ1v) is 6.83. The predicted octanol–water partition coefficient (Wildman–Crippen LogP) is 1.28. The minimum atomic E-state index is -0.276. The monoisotopic (exact) mass is 312 g/mol. The SMILES string of the molecule is Cc1[nH]nc(-n2cnnc2)c1NC(=O)c1ccc2c(c1)OCO2. The first kappa shape index (κ1) is 13.3. The minimum absolute atomic E-state index is 0.166. The minimum Gasteiger partial charge on any atom is -0.454 e.